The topological polar surface area (TPSA) is 83.3 Å². The van der Waals surface area contributed by atoms with E-state index in [2.05, 4.69) is 21.8 Å². The Kier molecular flexibility index (Phi) is 4.82. The second-order valence-electron chi connectivity index (χ2n) is 6.53. The Morgan fingerprint density at radius 3 is 2.64 bits per heavy atom. The molecule has 0 bridgehead atoms. The first-order valence-electron chi connectivity index (χ1n) is 8.29. The number of nitrogens with zero attached hydrogens (tertiary/aromatic N) is 2. The van der Waals surface area contributed by atoms with E-state index in [0.29, 0.717) is 25.0 Å². The monoisotopic (exact) mass is 336 g/mol. The molecule has 0 amide bonds. The third-order valence-electron chi connectivity index (χ3n) is 4.66. The Labute approximate surface area is 146 Å². The highest BCUT2D eigenvalue weighted by atomic mass is 16.4. The standard InChI is InChI=1S/C20H20N2O3/c1-14-12-22-16(13-21-14)7-9-20(25)10-8-17(19(23)24)18(11-20)15-5-3-2-4-6-15/h2-6,12-13,17-18,25H,8,10-11H2,1H3,(H,23,24)/t17-,18+,20?/m1/s1. The van der Waals surface area contributed by atoms with Gasteiger partial charge in [-0.15, -0.1) is 0 Å². The molecule has 1 unspecified atom stereocenters. The van der Waals surface area contributed by atoms with Crippen molar-refractivity contribution in [3.8, 4) is 11.8 Å². The molecule has 2 aromatic rings. The fourth-order valence-electron chi connectivity index (χ4n) is 3.30. The van der Waals surface area contributed by atoms with E-state index in [-0.39, 0.29) is 5.92 Å². The normalized spacial score (nSPS) is 25.7. The van der Waals surface area contributed by atoms with Crippen LogP contribution in [0.2, 0.25) is 0 Å². The van der Waals surface area contributed by atoms with Crippen LogP contribution in [0.1, 0.15) is 42.1 Å². The molecular formula is C20H20N2O3. The van der Waals surface area contributed by atoms with Gasteiger partial charge in [-0.25, -0.2) is 4.98 Å². The zero-order valence-corrected chi connectivity index (χ0v) is 14.0. The molecular weight excluding hydrogens is 316 g/mol. The third-order valence-corrected chi connectivity index (χ3v) is 4.66. The van der Waals surface area contributed by atoms with E-state index < -0.39 is 17.5 Å². The molecule has 2 N–H and O–H groups in total. The number of rotatable bonds is 2. The Bertz CT molecular complexity index is 808. The maximum absolute atomic E-state index is 11.6. The summed E-state index contributed by atoms with van der Waals surface area (Å²) in [7, 11) is 0. The minimum absolute atomic E-state index is 0.268. The van der Waals surface area contributed by atoms with Crippen molar-refractivity contribution >= 4 is 5.97 Å². The van der Waals surface area contributed by atoms with Crippen LogP contribution in [0.15, 0.2) is 42.7 Å². The highest BCUT2D eigenvalue weighted by Crippen LogP contribution is 2.42. The number of aliphatic carboxylic acids is 1. The van der Waals surface area contributed by atoms with Gasteiger partial charge in [0.05, 0.1) is 17.8 Å². The number of hydrogen-bond donors (Lipinski definition) is 2. The van der Waals surface area contributed by atoms with Gasteiger partial charge in [0, 0.05) is 12.1 Å². The van der Waals surface area contributed by atoms with Crippen LogP contribution in [-0.4, -0.2) is 31.8 Å². The molecule has 1 heterocycles. The van der Waals surface area contributed by atoms with Crippen molar-refractivity contribution < 1.29 is 15.0 Å². The predicted molar refractivity (Wildman–Crippen MR) is 92.8 cm³/mol. The lowest BCUT2D eigenvalue weighted by atomic mass is 9.69. The van der Waals surface area contributed by atoms with Gasteiger partial charge in [-0.2, -0.15) is 0 Å². The number of carboxylic acids is 1. The number of carboxylic acid groups (broad SMARTS) is 1. The zero-order valence-electron chi connectivity index (χ0n) is 14.0. The number of hydrogen-bond acceptors (Lipinski definition) is 4. The molecule has 128 valence electrons. The number of aliphatic hydroxyl groups is 1. The summed E-state index contributed by atoms with van der Waals surface area (Å²) in [6.45, 7) is 1.84. The van der Waals surface area contributed by atoms with Crippen molar-refractivity contribution in [3.05, 3.63) is 59.7 Å². The molecule has 5 heteroatoms. The summed E-state index contributed by atoms with van der Waals surface area (Å²) in [6, 6.07) is 9.48. The summed E-state index contributed by atoms with van der Waals surface area (Å²) in [6.07, 6.45) is 4.21. The molecule has 1 aliphatic rings. The van der Waals surface area contributed by atoms with Crippen LogP contribution in [0.4, 0.5) is 0 Å². The van der Waals surface area contributed by atoms with Gasteiger partial charge >= 0.3 is 5.97 Å². The molecule has 3 rings (SSSR count). The van der Waals surface area contributed by atoms with Crippen molar-refractivity contribution in [1.29, 1.82) is 0 Å². The molecule has 0 saturated heterocycles. The van der Waals surface area contributed by atoms with Crippen LogP contribution < -0.4 is 0 Å². The Morgan fingerprint density at radius 2 is 2.00 bits per heavy atom. The fraction of sp³-hybridized carbons (Fsp3) is 0.350. The average Bonchev–Trinajstić information content (AvgIpc) is 2.62. The van der Waals surface area contributed by atoms with E-state index in [9.17, 15) is 15.0 Å². The molecule has 0 spiro atoms. The third kappa shape index (κ3) is 4.04. The van der Waals surface area contributed by atoms with Gasteiger partial charge in [-0.1, -0.05) is 36.3 Å². The van der Waals surface area contributed by atoms with E-state index in [4.69, 9.17) is 0 Å². The summed E-state index contributed by atoms with van der Waals surface area (Å²) in [5.74, 6) is 4.18. The first-order chi connectivity index (χ1) is 12.0. The van der Waals surface area contributed by atoms with Crippen molar-refractivity contribution in [2.75, 3.05) is 0 Å². The fourth-order valence-corrected chi connectivity index (χ4v) is 3.30. The smallest absolute Gasteiger partial charge is 0.307 e. The molecule has 1 aliphatic carbocycles. The number of benzene rings is 1. The summed E-state index contributed by atoms with van der Waals surface area (Å²) >= 11 is 0. The molecule has 1 aromatic carbocycles. The van der Waals surface area contributed by atoms with Crippen molar-refractivity contribution in [2.24, 2.45) is 5.92 Å². The highest BCUT2D eigenvalue weighted by Gasteiger charge is 2.42. The van der Waals surface area contributed by atoms with Crippen LogP contribution in [0.5, 0.6) is 0 Å². The predicted octanol–water partition coefficient (Wildman–Crippen LogP) is 2.54. The molecule has 25 heavy (non-hydrogen) atoms. The minimum Gasteiger partial charge on any atom is -0.481 e. The molecule has 3 atom stereocenters. The van der Waals surface area contributed by atoms with Gasteiger partial charge in [-0.05, 0) is 37.7 Å². The van der Waals surface area contributed by atoms with Crippen LogP contribution in [0, 0.1) is 24.7 Å². The molecule has 0 aliphatic heterocycles. The lowest BCUT2D eigenvalue weighted by molar-refractivity contribution is -0.145. The Balaban J connectivity index is 1.86. The van der Waals surface area contributed by atoms with E-state index in [1.807, 2.05) is 37.3 Å². The average molecular weight is 336 g/mol. The van der Waals surface area contributed by atoms with E-state index >= 15 is 0 Å². The van der Waals surface area contributed by atoms with Gasteiger partial charge in [0.2, 0.25) is 0 Å². The maximum atomic E-state index is 11.6. The first kappa shape index (κ1) is 17.1. The highest BCUT2D eigenvalue weighted by molar-refractivity contribution is 5.71. The van der Waals surface area contributed by atoms with Gasteiger partial charge in [0.1, 0.15) is 11.3 Å². The zero-order chi connectivity index (χ0) is 17.9. The summed E-state index contributed by atoms with van der Waals surface area (Å²) in [4.78, 5) is 19.9. The second-order valence-corrected chi connectivity index (χ2v) is 6.53. The first-order valence-corrected chi connectivity index (χ1v) is 8.29. The van der Waals surface area contributed by atoms with Crippen molar-refractivity contribution in [3.63, 3.8) is 0 Å². The molecule has 5 nitrogen and oxygen atoms in total. The van der Waals surface area contributed by atoms with Gasteiger partial charge in [0.25, 0.3) is 0 Å². The van der Waals surface area contributed by atoms with Crippen LogP contribution >= 0.6 is 0 Å². The van der Waals surface area contributed by atoms with E-state index in [0.717, 1.165) is 11.3 Å². The van der Waals surface area contributed by atoms with Crippen molar-refractivity contribution in [1.82, 2.24) is 9.97 Å². The lowest BCUT2D eigenvalue weighted by Gasteiger charge is -2.37. The number of aryl methyl sites for hydroxylation is 1. The molecule has 1 fully saturated rings. The largest absolute Gasteiger partial charge is 0.481 e. The van der Waals surface area contributed by atoms with Crippen LogP contribution in [0.3, 0.4) is 0 Å². The van der Waals surface area contributed by atoms with Gasteiger partial charge < -0.3 is 10.2 Å². The van der Waals surface area contributed by atoms with Crippen molar-refractivity contribution in [2.45, 2.75) is 37.7 Å². The number of carbonyl (C=O) groups is 1. The second kappa shape index (κ2) is 7.04. The number of aromatic nitrogens is 2. The minimum atomic E-state index is -1.22. The molecule has 1 saturated carbocycles. The summed E-state index contributed by atoms with van der Waals surface area (Å²) in [5.41, 5.74) is 0.995. The molecule has 1 aromatic heterocycles. The molecule has 0 radical (unpaired) electrons. The summed E-state index contributed by atoms with van der Waals surface area (Å²) in [5, 5.41) is 20.4. The van der Waals surface area contributed by atoms with Gasteiger partial charge in [0.15, 0.2) is 0 Å². The Morgan fingerprint density at radius 1 is 1.24 bits per heavy atom. The SMILES string of the molecule is Cc1cnc(C#CC2(O)CC[C@@H](C(=O)O)[C@H](c3ccccc3)C2)cn1. The van der Waals surface area contributed by atoms with Crippen LogP contribution in [0.25, 0.3) is 0 Å². The maximum Gasteiger partial charge on any atom is 0.307 e. The van der Waals surface area contributed by atoms with Crippen LogP contribution in [-0.2, 0) is 4.79 Å². The van der Waals surface area contributed by atoms with Gasteiger partial charge in [-0.3, -0.25) is 9.78 Å². The quantitative estimate of drug-likeness (QED) is 0.824. The lowest BCUT2D eigenvalue weighted by Crippen LogP contribution is -2.39. The van der Waals surface area contributed by atoms with E-state index in [1.54, 1.807) is 12.4 Å². The Hall–Kier alpha value is -2.71. The summed E-state index contributed by atoms with van der Waals surface area (Å²) < 4.78 is 0. The van der Waals surface area contributed by atoms with E-state index in [1.165, 1.54) is 0 Å².